The normalized spacial score (nSPS) is 16.0. The van der Waals surface area contributed by atoms with E-state index in [9.17, 15) is 4.79 Å². The SMILES string of the molecule is Cc1ccc(CN2CCCN(C(=O)c3cncc(Br)c3)CC2)cc1. The maximum absolute atomic E-state index is 12.7. The highest BCUT2D eigenvalue weighted by Gasteiger charge is 2.20. The van der Waals surface area contributed by atoms with Crippen LogP contribution in [0.2, 0.25) is 0 Å². The summed E-state index contributed by atoms with van der Waals surface area (Å²) >= 11 is 3.38. The van der Waals surface area contributed by atoms with Crippen LogP contribution in [-0.2, 0) is 6.54 Å². The third-order valence-electron chi connectivity index (χ3n) is 4.35. The van der Waals surface area contributed by atoms with Gasteiger partial charge in [-0.25, -0.2) is 0 Å². The van der Waals surface area contributed by atoms with E-state index in [0.29, 0.717) is 5.56 Å². The van der Waals surface area contributed by atoms with Gasteiger partial charge in [0.2, 0.25) is 0 Å². The lowest BCUT2D eigenvalue weighted by atomic mass is 10.1. The molecule has 126 valence electrons. The van der Waals surface area contributed by atoms with Gasteiger partial charge in [-0.1, -0.05) is 29.8 Å². The molecular weight excluding hydrogens is 366 g/mol. The third-order valence-corrected chi connectivity index (χ3v) is 4.79. The van der Waals surface area contributed by atoms with Crippen molar-refractivity contribution in [3.05, 3.63) is 63.9 Å². The first-order valence-corrected chi connectivity index (χ1v) is 9.09. The molecule has 1 fully saturated rings. The van der Waals surface area contributed by atoms with Crippen LogP contribution in [0.3, 0.4) is 0 Å². The van der Waals surface area contributed by atoms with E-state index in [0.717, 1.165) is 43.6 Å². The molecular formula is C19H22BrN3O. The number of carbonyl (C=O) groups excluding carboxylic acids is 1. The Labute approximate surface area is 151 Å². The highest BCUT2D eigenvalue weighted by Crippen LogP contribution is 2.15. The largest absolute Gasteiger partial charge is 0.337 e. The molecule has 1 saturated heterocycles. The van der Waals surface area contributed by atoms with Crippen molar-refractivity contribution in [2.75, 3.05) is 26.2 Å². The molecule has 1 aliphatic rings. The van der Waals surface area contributed by atoms with Crippen LogP contribution in [0.25, 0.3) is 0 Å². The summed E-state index contributed by atoms with van der Waals surface area (Å²) in [6, 6.07) is 10.5. The van der Waals surface area contributed by atoms with Crippen LogP contribution in [0.15, 0.2) is 47.2 Å². The van der Waals surface area contributed by atoms with Gasteiger partial charge >= 0.3 is 0 Å². The van der Waals surface area contributed by atoms with E-state index < -0.39 is 0 Å². The van der Waals surface area contributed by atoms with Crippen LogP contribution in [0, 0.1) is 6.92 Å². The second-order valence-electron chi connectivity index (χ2n) is 6.30. The number of aromatic nitrogens is 1. The Morgan fingerprint density at radius 1 is 1.12 bits per heavy atom. The molecule has 0 saturated carbocycles. The van der Waals surface area contributed by atoms with Crippen LogP contribution in [0.1, 0.15) is 27.9 Å². The van der Waals surface area contributed by atoms with Gasteiger partial charge in [0.1, 0.15) is 0 Å². The van der Waals surface area contributed by atoms with E-state index in [1.807, 2.05) is 11.0 Å². The Kier molecular flexibility index (Phi) is 5.63. The van der Waals surface area contributed by atoms with Gasteiger partial charge < -0.3 is 4.90 Å². The van der Waals surface area contributed by atoms with Crippen molar-refractivity contribution in [2.24, 2.45) is 0 Å². The quantitative estimate of drug-likeness (QED) is 0.808. The molecule has 3 rings (SSSR count). The van der Waals surface area contributed by atoms with Crippen molar-refractivity contribution >= 4 is 21.8 Å². The molecule has 1 aliphatic heterocycles. The average molecular weight is 388 g/mol. The van der Waals surface area contributed by atoms with Crippen molar-refractivity contribution in [3.63, 3.8) is 0 Å². The van der Waals surface area contributed by atoms with Crippen molar-refractivity contribution in [2.45, 2.75) is 19.9 Å². The second-order valence-corrected chi connectivity index (χ2v) is 7.22. The van der Waals surface area contributed by atoms with Gasteiger partial charge in [-0.05, 0) is 40.9 Å². The minimum absolute atomic E-state index is 0.0704. The van der Waals surface area contributed by atoms with Crippen LogP contribution >= 0.6 is 15.9 Å². The Hall–Kier alpha value is -1.72. The lowest BCUT2D eigenvalue weighted by Crippen LogP contribution is -2.35. The molecule has 0 spiro atoms. The van der Waals surface area contributed by atoms with E-state index >= 15 is 0 Å². The molecule has 0 radical (unpaired) electrons. The molecule has 0 atom stereocenters. The second kappa shape index (κ2) is 7.90. The maximum atomic E-state index is 12.7. The maximum Gasteiger partial charge on any atom is 0.255 e. The Bertz CT molecular complexity index is 702. The predicted molar refractivity (Wildman–Crippen MR) is 98.9 cm³/mol. The molecule has 4 nitrogen and oxygen atoms in total. The lowest BCUT2D eigenvalue weighted by Gasteiger charge is -2.22. The fraction of sp³-hybridized carbons (Fsp3) is 0.368. The van der Waals surface area contributed by atoms with E-state index in [1.54, 1.807) is 12.4 Å². The number of pyridine rings is 1. The Balaban J connectivity index is 1.60. The van der Waals surface area contributed by atoms with E-state index in [1.165, 1.54) is 11.1 Å². The minimum Gasteiger partial charge on any atom is -0.337 e. The summed E-state index contributed by atoms with van der Waals surface area (Å²) in [5.74, 6) is 0.0704. The van der Waals surface area contributed by atoms with Gasteiger partial charge in [-0.2, -0.15) is 0 Å². The van der Waals surface area contributed by atoms with Gasteiger partial charge in [0.25, 0.3) is 5.91 Å². The number of amides is 1. The number of rotatable bonds is 3. The van der Waals surface area contributed by atoms with Gasteiger partial charge in [0, 0.05) is 49.6 Å². The molecule has 1 aromatic heterocycles. The lowest BCUT2D eigenvalue weighted by molar-refractivity contribution is 0.0760. The molecule has 0 aliphatic carbocycles. The average Bonchev–Trinajstić information content (AvgIpc) is 2.82. The monoisotopic (exact) mass is 387 g/mol. The van der Waals surface area contributed by atoms with Crippen molar-refractivity contribution in [3.8, 4) is 0 Å². The number of aryl methyl sites for hydroxylation is 1. The first-order valence-electron chi connectivity index (χ1n) is 8.29. The first-order chi connectivity index (χ1) is 11.6. The van der Waals surface area contributed by atoms with Crippen LogP contribution in [-0.4, -0.2) is 46.9 Å². The standard InChI is InChI=1S/C19H22BrN3O/c1-15-3-5-16(6-4-15)14-22-7-2-8-23(10-9-22)19(24)17-11-18(20)13-21-12-17/h3-6,11-13H,2,7-10,14H2,1H3. The highest BCUT2D eigenvalue weighted by atomic mass is 79.9. The Morgan fingerprint density at radius 3 is 2.67 bits per heavy atom. The number of halogens is 1. The fourth-order valence-electron chi connectivity index (χ4n) is 3.00. The van der Waals surface area contributed by atoms with Crippen LogP contribution in [0.5, 0.6) is 0 Å². The van der Waals surface area contributed by atoms with Crippen molar-refractivity contribution < 1.29 is 4.79 Å². The molecule has 1 amide bonds. The van der Waals surface area contributed by atoms with Crippen LogP contribution in [0.4, 0.5) is 0 Å². The fourth-order valence-corrected chi connectivity index (χ4v) is 3.36. The van der Waals surface area contributed by atoms with Crippen molar-refractivity contribution in [1.29, 1.82) is 0 Å². The number of benzene rings is 1. The first kappa shape index (κ1) is 17.1. The van der Waals surface area contributed by atoms with Gasteiger partial charge in [-0.15, -0.1) is 0 Å². The topological polar surface area (TPSA) is 36.4 Å². The molecule has 2 heterocycles. The summed E-state index contributed by atoms with van der Waals surface area (Å²) in [5, 5.41) is 0. The molecule has 0 unspecified atom stereocenters. The third kappa shape index (κ3) is 4.42. The summed E-state index contributed by atoms with van der Waals surface area (Å²) < 4.78 is 0.837. The molecule has 5 heteroatoms. The number of carbonyl (C=O) groups is 1. The predicted octanol–water partition coefficient (Wildman–Crippen LogP) is 3.50. The summed E-state index contributed by atoms with van der Waals surface area (Å²) in [6.07, 6.45) is 4.34. The number of hydrogen-bond acceptors (Lipinski definition) is 3. The molecule has 24 heavy (non-hydrogen) atoms. The van der Waals surface area contributed by atoms with Gasteiger partial charge in [-0.3, -0.25) is 14.7 Å². The molecule has 2 aromatic rings. The summed E-state index contributed by atoms with van der Waals surface area (Å²) in [7, 11) is 0. The minimum atomic E-state index is 0.0704. The van der Waals surface area contributed by atoms with Gasteiger partial charge in [0.05, 0.1) is 5.56 Å². The zero-order valence-electron chi connectivity index (χ0n) is 13.9. The zero-order valence-corrected chi connectivity index (χ0v) is 15.5. The smallest absolute Gasteiger partial charge is 0.255 e. The zero-order chi connectivity index (χ0) is 16.9. The highest BCUT2D eigenvalue weighted by molar-refractivity contribution is 9.10. The summed E-state index contributed by atoms with van der Waals surface area (Å²) in [6.45, 7) is 6.54. The molecule has 0 bridgehead atoms. The summed E-state index contributed by atoms with van der Waals surface area (Å²) in [4.78, 5) is 21.1. The molecule has 0 N–H and O–H groups in total. The van der Waals surface area contributed by atoms with Crippen LogP contribution < -0.4 is 0 Å². The Morgan fingerprint density at radius 2 is 1.92 bits per heavy atom. The number of hydrogen-bond donors (Lipinski definition) is 0. The van der Waals surface area contributed by atoms with Crippen molar-refractivity contribution in [1.82, 2.24) is 14.8 Å². The van der Waals surface area contributed by atoms with E-state index in [4.69, 9.17) is 0 Å². The number of nitrogens with zero attached hydrogens (tertiary/aromatic N) is 3. The van der Waals surface area contributed by atoms with E-state index in [2.05, 4.69) is 57.0 Å². The molecule has 1 aromatic carbocycles. The van der Waals surface area contributed by atoms with Gasteiger partial charge in [0.15, 0.2) is 0 Å². The van der Waals surface area contributed by atoms with E-state index in [-0.39, 0.29) is 5.91 Å². The summed E-state index contributed by atoms with van der Waals surface area (Å²) in [5.41, 5.74) is 3.27.